The average Bonchev–Trinajstić information content (AvgIpc) is 3.33. The maximum atomic E-state index is 12.7. The summed E-state index contributed by atoms with van der Waals surface area (Å²) < 4.78 is 5.56. The second kappa shape index (κ2) is 8.63. The minimum atomic E-state index is -0.291. The van der Waals surface area contributed by atoms with E-state index in [1.165, 1.54) is 11.1 Å². The van der Waals surface area contributed by atoms with Crippen LogP contribution in [0.5, 0.6) is 5.75 Å². The predicted octanol–water partition coefficient (Wildman–Crippen LogP) is 1.98. The first-order valence-electron chi connectivity index (χ1n) is 9.95. The van der Waals surface area contributed by atoms with Crippen molar-refractivity contribution in [2.75, 3.05) is 40.8 Å². The number of nitrogens with one attached hydrogen (secondary N) is 2. The van der Waals surface area contributed by atoms with Crippen LogP contribution in [0.25, 0.3) is 0 Å². The van der Waals surface area contributed by atoms with Crippen LogP contribution in [0, 0.1) is 5.41 Å². The third-order valence-electron chi connectivity index (χ3n) is 5.70. The molecular formula is C21H32N4O2. The van der Waals surface area contributed by atoms with Gasteiger partial charge in [0, 0.05) is 40.7 Å². The number of aliphatic imine (C=N–C) groups is 1. The molecule has 3 rings (SSSR count). The average molecular weight is 373 g/mol. The van der Waals surface area contributed by atoms with Crippen LogP contribution in [0.15, 0.2) is 23.2 Å². The van der Waals surface area contributed by atoms with E-state index in [0.29, 0.717) is 6.54 Å². The van der Waals surface area contributed by atoms with Gasteiger partial charge in [0.1, 0.15) is 5.75 Å². The molecule has 0 saturated heterocycles. The lowest BCUT2D eigenvalue weighted by molar-refractivity contribution is -0.138. The molecule has 1 aliphatic carbocycles. The molecule has 1 aromatic carbocycles. The first-order chi connectivity index (χ1) is 13.0. The van der Waals surface area contributed by atoms with Crippen molar-refractivity contribution in [1.82, 2.24) is 15.5 Å². The molecular weight excluding hydrogens is 340 g/mol. The van der Waals surface area contributed by atoms with Gasteiger partial charge in [0.25, 0.3) is 0 Å². The Bertz CT molecular complexity index is 693. The molecule has 1 fully saturated rings. The molecule has 1 saturated carbocycles. The molecule has 0 radical (unpaired) electrons. The van der Waals surface area contributed by atoms with Crippen LogP contribution in [-0.2, 0) is 17.6 Å². The van der Waals surface area contributed by atoms with E-state index in [-0.39, 0.29) is 11.3 Å². The fourth-order valence-electron chi connectivity index (χ4n) is 4.19. The van der Waals surface area contributed by atoms with Crippen LogP contribution in [-0.4, -0.2) is 57.6 Å². The normalized spacial score (nSPS) is 18.0. The van der Waals surface area contributed by atoms with Gasteiger partial charge in [0.05, 0.1) is 12.0 Å². The Hall–Kier alpha value is -2.24. The summed E-state index contributed by atoms with van der Waals surface area (Å²) in [5.74, 6) is 2.01. The standard InChI is InChI=1S/C21H32N4O2/c1-22-20(24-15-21(10-4-5-11-21)19(26)25(2)3)23-12-8-16-6-7-18-17(14-16)9-13-27-18/h6-7,14H,4-5,8-13,15H2,1-3H3,(H2,22,23,24). The molecule has 2 N–H and O–H groups in total. The predicted molar refractivity (Wildman–Crippen MR) is 108 cm³/mol. The number of fused-ring (bicyclic) bond motifs is 1. The zero-order valence-corrected chi connectivity index (χ0v) is 16.8. The van der Waals surface area contributed by atoms with Gasteiger partial charge in [-0.3, -0.25) is 9.79 Å². The van der Waals surface area contributed by atoms with E-state index in [2.05, 4.69) is 33.8 Å². The van der Waals surface area contributed by atoms with Crippen molar-refractivity contribution in [1.29, 1.82) is 0 Å². The summed E-state index contributed by atoms with van der Waals surface area (Å²) in [7, 11) is 5.46. The van der Waals surface area contributed by atoms with Gasteiger partial charge in [-0.1, -0.05) is 25.0 Å². The highest BCUT2D eigenvalue weighted by atomic mass is 16.5. The molecule has 0 aromatic heterocycles. The summed E-state index contributed by atoms with van der Waals surface area (Å²) >= 11 is 0. The van der Waals surface area contributed by atoms with Gasteiger partial charge in [-0.25, -0.2) is 0 Å². The highest BCUT2D eigenvalue weighted by molar-refractivity contribution is 5.85. The number of guanidine groups is 1. The van der Waals surface area contributed by atoms with E-state index in [1.807, 2.05) is 14.1 Å². The van der Waals surface area contributed by atoms with Crippen molar-refractivity contribution in [3.05, 3.63) is 29.3 Å². The lowest BCUT2D eigenvalue weighted by atomic mass is 9.84. The number of benzene rings is 1. The smallest absolute Gasteiger partial charge is 0.230 e. The Labute approximate surface area is 162 Å². The fraction of sp³-hybridized carbons (Fsp3) is 0.619. The summed E-state index contributed by atoms with van der Waals surface area (Å²) in [5, 5.41) is 6.76. The summed E-state index contributed by atoms with van der Waals surface area (Å²) in [6.45, 7) is 2.23. The largest absolute Gasteiger partial charge is 0.493 e. The zero-order valence-electron chi connectivity index (χ0n) is 16.8. The van der Waals surface area contributed by atoms with Crippen LogP contribution in [0.4, 0.5) is 0 Å². The van der Waals surface area contributed by atoms with Gasteiger partial charge in [-0.15, -0.1) is 0 Å². The Morgan fingerprint density at radius 2 is 2.04 bits per heavy atom. The van der Waals surface area contributed by atoms with E-state index in [9.17, 15) is 4.79 Å². The van der Waals surface area contributed by atoms with Crippen molar-refractivity contribution in [2.45, 2.75) is 38.5 Å². The number of rotatable bonds is 6. The van der Waals surface area contributed by atoms with Gasteiger partial charge >= 0.3 is 0 Å². The first-order valence-corrected chi connectivity index (χ1v) is 9.95. The fourth-order valence-corrected chi connectivity index (χ4v) is 4.19. The van der Waals surface area contributed by atoms with E-state index >= 15 is 0 Å². The van der Waals surface area contributed by atoms with Crippen molar-refractivity contribution in [2.24, 2.45) is 10.4 Å². The molecule has 6 nitrogen and oxygen atoms in total. The van der Waals surface area contributed by atoms with Crippen molar-refractivity contribution in [3.8, 4) is 5.75 Å². The molecule has 148 valence electrons. The zero-order chi connectivity index (χ0) is 19.3. The number of carbonyl (C=O) groups is 1. The molecule has 0 spiro atoms. The minimum absolute atomic E-state index is 0.225. The van der Waals surface area contributed by atoms with Crippen LogP contribution in [0.1, 0.15) is 36.8 Å². The first kappa shape index (κ1) is 19.5. The van der Waals surface area contributed by atoms with E-state index in [1.54, 1.807) is 11.9 Å². The Balaban J connectivity index is 1.50. The van der Waals surface area contributed by atoms with Gasteiger partial charge < -0.3 is 20.3 Å². The number of hydrogen-bond acceptors (Lipinski definition) is 3. The molecule has 1 aliphatic heterocycles. The topological polar surface area (TPSA) is 66.0 Å². The third kappa shape index (κ3) is 4.54. The summed E-state index contributed by atoms with van der Waals surface area (Å²) in [4.78, 5) is 18.7. The van der Waals surface area contributed by atoms with E-state index < -0.39 is 0 Å². The second-order valence-electron chi connectivity index (χ2n) is 7.83. The highest BCUT2D eigenvalue weighted by Gasteiger charge is 2.42. The quantitative estimate of drug-likeness (QED) is 0.592. The Kier molecular flexibility index (Phi) is 6.24. The second-order valence-corrected chi connectivity index (χ2v) is 7.83. The number of hydrogen-bond donors (Lipinski definition) is 2. The molecule has 27 heavy (non-hydrogen) atoms. The van der Waals surface area contributed by atoms with Crippen LogP contribution in [0.3, 0.4) is 0 Å². The molecule has 1 amide bonds. The molecule has 0 unspecified atom stereocenters. The summed E-state index contributed by atoms with van der Waals surface area (Å²) in [6, 6.07) is 6.44. The van der Waals surface area contributed by atoms with Crippen LogP contribution in [0.2, 0.25) is 0 Å². The van der Waals surface area contributed by atoms with E-state index in [4.69, 9.17) is 4.74 Å². The number of nitrogens with zero attached hydrogens (tertiary/aromatic N) is 2. The molecule has 1 aromatic rings. The molecule has 2 aliphatic rings. The maximum absolute atomic E-state index is 12.7. The number of ether oxygens (including phenoxy) is 1. The van der Waals surface area contributed by atoms with Crippen LogP contribution < -0.4 is 15.4 Å². The summed E-state index contributed by atoms with van der Waals surface area (Å²) in [6.07, 6.45) is 6.07. The lowest BCUT2D eigenvalue weighted by Crippen LogP contribution is -2.49. The van der Waals surface area contributed by atoms with Crippen molar-refractivity contribution in [3.63, 3.8) is 0 Å². The SMILES string of the molecule is CN=C(NCCc1ccc2c(c1)CCO2)NCC1(C(=O)N(C)C)CCCC1. The Morgan fingerprint density at radius 1 is 1.26 bits per heavy atom. The monoisotopic (exact) mass is 372 g/mol. The summed E-state index contributed by atoms with van der Waals surface area (Å²) in [5.41, 5.74) is 2.32. The Morgan fingerprint density at radius 3 is 2.74 bits per heavy atom. The number of amides is 1. The molecule has 0 bridgehead atoms. The molecule has 1 heterocycles. The van der Waals surface area contributed by atoms with Crippen LogP contribution >= 0.6 is 0 Å². The highest BCUT2D eigenvalue weighted by Crippen LogP contribution is 2.38. The van der Waals surface area contributed by atoms with Crippen molar-refractivity contribution < 1.29 is 9.53 Å². The molecule has 6 heteroatoms. The maximum Gasteiger partial charge on any atom is 0.230 e. The minimum Gasteiger partial charge on any atom is -0.493 e. The van der Waals surface area contributed by atoms with Gasteiger partial charge in [-0.2, -0.15) is 0 Å². The van der Waals surface area contributed by atoms with Gasteiger partial charge in [-0.05, 0) is 36.5 Å². The third-order valence-corrected chi connectivity index (χ3v) is 5.70. The van der Waals surface area contributed by atoms with Gasteiger partial charge in [0.15, 0.2) is 5.96 Å². The van der Waals surface area contributed by atoms with Crippen molar-refractivity contribution >= 4 is 11.9 Å². The molecule has 0 atom stereocenters. The van der Waals surface area contributed by atoms with Gasteiger partial charge in [0.2, 0.25) is 5.91 Å². The number of carbonyl (C=O) groups excluding carboxylic acids is 1. The lowest BCUT2D eigenvalue weighted by Gasteiger charge is -2.31. The van der Waals surface area contributed by atoms with E-state index in [0.717, 1.165) is 63.4 Å².